The number of hydrogen-bond donors (Lipinski definition) is 2. The molecule has 2 aromatic heterocycles. The van der Waals surface area contributed by atoms with Crippen molar-refractivity contribution in [1.29, 1.82) is 0 Å². The summed E-state index contributed by atoms with van der Waals surface area (Å²) >= 11 is 0. The van der Waals surface area contributed by atoms with E-state index in [1.807, 2.05) is 48.9 Å². The number of methoxy groups -OCH3 is 1. The Labute approximate surface area is 180 Å². The van der Waals surface area contributed by atoms with Crippen LogP contribution >= 0.6 is 0 Å². The molecule has 8 heteroatoms. The molecule has 8 nitrogen and oxygen atoms in total. The number of amides is 1. The Kier molecular flexibility index (Phi) is 6.39. The zero-order valence-corrected chi connectivity index (χ0v) is 18.3. The smallest absolute Gasteiger partial charge is 0.339 e. The summed E-state index contributed by atoms with van der Waals surface area (Å²) in [5, 5.41) is 7.47. The van der Waals surface area contributed by atoms with Gasteiger partial charge in [0.1, 0.15) is 0 Å². The van der Waals surface area contributed by atoms with Crippen LogP contribution in [0.1, 0.15) is 56.0 Å². The molecule has 2 heterocycles. The van der Waals surface area contributed by atoms with Crippen LogP contribution in [0.15, 0.2) is 30.3 Å². The minimum Gasteiger partial charge on any atom is -0.465 e. The average Bonchev–Trinajstić information content (AvgIpc) is 3.22. The predicted molar refractivity (Wildman–Crippen MR) is 115 cm³/mol. The van der Waals surface area contributed by atoms with Gasteiger partial charge in [0.2, 0.25) is 5.91 Å². The van der Waals surface area contributed by atoms with Crippen LogP contribution in [-0.2, 0) is 22.5 Å². The molecule has 1 aromatic carbocycles. The highest BCUT2D eigenvalue weighted by atomic mass is 16.5. The van der Waals surface area contributed by atoms with Crippen LogP contribution in [0.25, 0.3) is 5.69 Å². The number of ether oxygens (including phenoxy) is 1. The molecular formula is C23H26N4O4. The summed E-state index contributed by atoms with van der Waals surface area (Å²) in [6.07, 6.45) is -0.0799. The molecule has 0 radical (unpaired) electrons. The minimum atomic E-state index is -0.583. The number of benzene rings is 1. The molecular weight excluding hydrogens is 396 g/mol. The Bertz CT molecular complexity index is 1140. The van der Waals surface area contributed by atoms with Crippen molar-refractivity contribution in [3.05, 3.63) is 69.8 Å². The number of esters is 1. The van der Waals surface area contributed by atoms with Crippen molar-refractivity contribution in [3.8, 4) is 5.69 Å². The summed E-state index contributed by atoms with van der Waals surface area (Å²) in [6, 6.07) is 9.77. The van der Waals surface area contributed by atoms with Gasteiger partial charge < -0.3 is 15.0 Å². The molecule has 0 aliphatic heterocycles. The number of H-pyrrole nitrogens is 1. The van der Waals surface area contributed by atoms with Gasteiger partial charge in [-0.2, -0.15) is 5.10 Å². The third-order valence-electron chi connectivity index (χ3n) is 5.31. The molecule has 1 amide bonds. The van der Waals surface area contributed by atoms with Gasteiger partial charge in [0.25, 0.3) is 0 Å². The van der Waals surface area contributed by atoms with Crippen LogP contribution in [0.4, 0.5) is 0 Å². The molecule has 0 atom stereocenters. The first-order chi connectivity index (χ1) is 14.7. The molecule has 0 unspecified atom stereocenters. The van der Waals surface area contributed by atoms with E-state index in [9.17, 15) is 14.4 Å². The molecule has 0 aliphatic carbocycles. The first kappa shape index (κ1) is 22.0. The third-order valence-corrected chi connectivity index (χ3v) is 5.31. The van der Waals surface area contributed by atoms with Crippen molar-refractivity contribution in [1.82, 2.24) is 20.1 Å². The van der Waals surface area contributed by atoms with Crippen LogP contribution in [0, 0.1) is 20.8 Å². The second-order valence-corrected chi connectivity index (χ2v) is 7.38. The highest BCUT2D eigenvalue weighted by Crippen LogP contribution is 2.21. The first-order valence-electron chi connectivity index (χ1n) is 9.92. The summed E-state index contributed by atoms with van der Waals surface area (Å²) in [7, 11) is 1.27. The lowest BCUT2D eigenvalue weighted by atomic mass is 10.1. The van der Waals surface area contributed by atoms with Crippen LogP contribution in [-0.4, -0.2) is 39.5 Å². The highest BCUT2D eigenvalue weighted by Gasteiger charge is 2.24. The molecule has 162 valence electrons. The second-order valence-electron chi connectivity index (χ2n) is 7.38. The Morgan fingerprint density at radius 1 is 1.13 bits per heavy atom. The maximum Gasteiger partial charge on any atom is 0.339 e. The maximum absolute atomic E-state index is 12.6. The Balaban J connectivity index is 1.77. The van der Waals surface area contributed by atoms with E-state index in [4.69, 9.17) is 4.74 Å². The molecule has 0 fully saturated rings. The van der Waals surface area contributed by atoms with E-state index in [0.29, 0.717) is 23.5 Å². The number of carbonyl (C=O) groups excluding carboxylic acids is 3. The molecule has 3 rings (SSSR count). The van der Waals surface area contributed by atoms with Gasteiger partial charge in [-0.15, -0.1) is 0 Å². The molecule has 0 saturated carbocycles. The number of aryl methyl sites for hydroxylation is 1. The van der Waals surface area contributed by atoms with Crippen molar-refractivity contribution in [3.63, 3.8) is 0 Å². The summed E-state index contributed by atoms with van der Waals surface area (Å²) in [5.74, 6) is -1.08. The highest BCUT2D eigenvalue weighted by molar-refractivity contribution is 6.01. The summed E-state index contributed by atoms with van der Waals surface area (Å²) < 4.78 is 6.67. The lowest BCUT2D eigenvalue weighted by Crippen LogP contribution is -2.26. The van der Waals surface area contributed by atoms with E-state index < -0.39 is 5.97 Å². The fraction of sp³-hybridized carbons (Fsp3) is 0.304. The topological polar surface area (TPSA) is 106 Å². The molecule has 0 bridgehead atoms. The van der Waals surface area contributed by atoms with Crippen molar-refractivity contribution in [2.75, 3.05) is 7.11 Å². The number of para-hydroxylation sites is 1. The maximum atomic E-state index is 12.6. The van der Waals surface area contributed by atoms with Crippen molar-refractivity contribution in [2.45, 2.75) is 40.7 Å². The number of nitrogens with one attached hydrogen (secondary N) is 2. The number of Topliss-reactive ketones (excluding diaryl/α,β-unsaturated/α-hetero) is 1. The van der Waals surface area contributed by atoms with E-state index in [1.54, 1.807) is 6.92 Å². The van der Waals surface area contributed by atoms with Crippen LogP contribution < -0.4 is 5.32 Å². The van der Waals surface area contributed by atoms with E-state index in [-0.39, 0.29) is 23.7 Å². The summed E-state index contributed by atoms with van der Waals surface area (Å²) in [6.45, 7) is 7.22. The van der Waals surface area contributed by atoms with Crippen molar-refractivity contribution >= 4 is 17.7 Å². The van der Waals surface area contributed by atoms with Gasteiger partial charge in [0, 0.05) is 30.4 Å². The monoisotopic (exact) mass is 422 g/mol. The zero-order valence-electron chi connectivity index (χ0n) is 18.3. The Morgan fingerprint density at radius 3 is 2.42 bits per heavy atom. The fourth-order valence-electron chi connectivity index (χ4n) is 3.68. The SMILES string of the molecule is COC(=O)c1c(CC(=O)NCc2c(C)nn(-c3ccccc3)c2C)[nH]c(C(C)=O)c1C. The van der Waals surface area contributed by atoms with Crippen LogP contribution in [0.5, 0.6) is 0 Å². The molecule has 0 spiro atoms. The predicted octanol–water partition coefficient (Wildman–Crippen LogP) is 2.97. The number of aromatic nitrogens is 3. The molecule has 0 aliphatic rings. The van der Waals surface area contributed by atoms with E-state index >= 15 is 0 Å². The normalized spacial score (nSPS) is 10.7. The van der Waals surface area contributed by atoms with Crippen molar-refractivity contribution < 1.29 is 19.1 Å². The van der Waals surface area contributed by atoms with Gasteiger partial charge in [-0.3, -0.25) is 9.59 Å². The van der Waals surface area contributed by atoms with Crippen LogP contribution in [0.2, 0.25) is 0 Å². The third kappa shape index (κ3) is 4.42. The average molecular weight is 422 g/mol. The number of nitrogens with zero attached hydrogens (tertiary/aromatic N) is 2. The van der Waals surface area contributed by atoms with Gasteiger partial charge in [0.05, 0.1) is 36.2 Å². The van der Waals surface area contributed by atoms with E-state index in [0.717, 1.165) is 22.6 Å². The summed E-state index contributed by atoms with van der Waals surface area (Å²) in [4.78, 5) is 39.6. The van der Waals surface area contributed by atoms with Gasteiger partial charge >= 0.3 is 5.97 Å². The zero-order chi connectivity index (χ0) is 22.7. The lowest BCUT2D eigenvalue weighted by Gasteiger charge is -2.08. The molecule has 0 saturated heterocycles. The molecule has 3 aromatic rings. The second kappa shape index (κ2) is 8.99. The largest absolute Gasteiger partial charge is 0.465 e. The number of hydrogen-bond acceptors (Lipinski definition) is 5. The van der Waals surface area contributed by atoms with Gasteiger partial charge in [-0.25, -0.2) is 9.48 Å². The standard InChI is InChI=1S/C23H26N4O4/c1-13-21(23(30)31-5)19(25-22(13)16(4)28)11-20(29)24-12-18-14(2)26-27(15(18)3)17-9-7-6-8-10-17/h6-10,25H,11-12H2,1-5H3,(H,24,29). The van der Waals surface area contributed by atoms with Crippen molar-refractivity contribution in [2.24, 2.45) is 0 Å². The minimum absolute atomic E-state index is 0.0799. The number of rotatable bonds is 7. The summed E-state index contributed by atoms with van der Waals surface area (Å²) in [5.41, 5.74) is 5.02. The molecule has 31 heavy (non-hydrogen) atoms. The first-order valence-corrected chi connectivity index (χ1v) is 9.92. The Hall–Kier alpha value is -3.68. The number of aromatic amines is 1. The lowest BCUT2D eigenvalue weighted by molar-refractivity contribution is -0.120. The van der Waals surface area contributed by atoms with Crippen LogP contribution in [0.3, 0.4) is 0 Å². The molecule has 2 N–H and O–H groups in total. The van der Waals surface area contributed by atoms with Gasteiger partial charge in [-0.1, -0.05) is 18.2 Å². The van der Waals surface area contributed by atoms with Gasteiger partial charge in [-0.05, 0) is 38.5 Å². The number of carbonyl (C=O) groups is 3. The van der Waals surface area contributed by atoms with E-state index in [2.05, 4.69) is 15.4 Å². The fourth-order valence-corrected chi connectivity index (χ4v) is 3.68. The quantitative estimate of drug-likeness (QED) is 0.450. The van der Waals surface area contributed by atoms with Gasteiger partial charge in [0.15, 0.2) is 5.78 Å². The van der Waals surface area contributed by atoms with E-state index in [1.165, 1.54) is 14.0 Å². The number of ketones is 1. The Morgan fingerprint density at radius 2 is 1.81 bits per heavy atom.